The number of aromatic nitrogens is 2. The maximum absolute atomic E-state index is 13.1. The largest absolute Gasteiger partial charge is 0.465 e. The first kappa shape index (κ1) is 24.2. The Morgan fingerprint density at radius 3 is 2.58 bits per heavy atom. The van der Waals surface area contributed by atoms with Crippen molar-refractivity contribution in [1.82, 2.24) is 15.3 Å². The van der Waals surface area contributed by atoms with E-state index in [9.17, 15) is 23.1 Å². The smallest absolute Gasteiger partial charge is 0.417 e. The normalized spacial score (nSPS) is 14.5. The number of alkyl halides is 3. The van der Waals surface area contributed by atoms with E-state index in [1.165, 1.54) is 0 Å². The molecule has 0 spiro atoms. The minimum atomic E-state index is -4.71. The van der Waals surface area contributed by atoms with Crippen molar-refractivity contribution in [1.29, 1.82) is 5.41 Å². The average molecular weight is 482 g/mol. The second-order valence-electron chi connectivity index (χ2n) is 8.13. The van der Waals surface area contributed by atoms with Gasteiger partial charge in [-0.25, -0.2) is 9.78 Å². The molecule has 33 heavy (non-hydrogen) atoms. The highest BCUT2D eigenvalue weighted by Gasteiger charge is 2.34. The number of pyridine rings is 2. The monoisotopic (exact) mass is 481 g/mol. The van der Waals surface area contributed by atoms with E-state index in [1.54, 1.807) is 12.3 Å². The van der Waals surface area contributed by atoms with E-state index in [-0.39, 0.29) is 28.0 Å². The molecule has 0 aromatic carbocycles. The molecule has 3 rings (SSSR count). The van der Waals surface area contributed by atoms with Gasteiger partial charge in [-0.1, -0.05) is 0 Å². The molecule has 1 aliphatic heterocycles. The summed E-state index contributed by atoms with van der Waals surface area (Å²) in [5.41, 5.74) is 0.759. The molecule has 0 bridgehead atoms. The fourth-order valence-corrected chi connectivity index (χ4v) is 3.56. The number of carboxylic acid groups (broad SMARTS) is 1. The number of nitrogens with zero attached hydrogens (tertiary/aromatic N) is 4. The van der Waals surface area contributed by atoms with Crippen molar-refractivity contribution in [3.05, 3.63) is 41.3 Å². The van der Waals surface area contributed by atoms with Crippen LogP contribution in [0.5, 0.6) is 0 Å². The molecule has 9 nitrogen and oxygen atoms in total. The van der Waals surface area contributed by atoms with Gasteiger partial charge in [0.25, 0.3) is 0 Å². The number of amidine groups is 1. The summed E-state index contributed by atoms with van der Waals surface area (Å²) >= 11 is 5.16. The predicted molar refractivity (Wildman–Crippen MR) is 122 cm³/mol. The van der Waals surface area contributed by atoms with Gasteiger partial charge in [-0.15, -0.1) is 0 Å². The maximum atomic E-state index is 13.1. The zero-order valence-corrected chi connectivity index (χ0v) is 19.0. The van der Waals surface area contributed by atoms with Gasteiger partial charge in [0.2, 0.25) is 0 Å². The molecule has 3 heterocycles. The molecule has 13 heteroatoms. The van der Waals surface area contributed by atoms with Gasteiger partial charge < -0.3 is 20.6 Å². The summed E-state index contributed by atoms with van der Waals surface area (Å²) in [6.07, 6.45) is -3.19. The molecule has 1 aliphatic rings. The van der Waals surface area contributed by atoms with Crippen molar-refractivity contribution in [3.8, 4) is 0 Å². The molecule has 0 saturated carbocycles. The number of likely N-dealkylation sites (N-methyl/N-ethyl adjacent to an activating group) is 1. The fourth-order valence-electron chi connectivity index (χ4n) is 3.36. The zero-order chi connectivity index (χ0) is 24.7. The summed E-state index contributed by atoms with van der Waals surface area (Å²) in [6, 6.07) is 2.43. The second-order valence-corrected chi connectivity index (χ2v) is 8.54. The molecule has 176 valence electrons. The molecule has 2 aromatic heterocycles. The summed E-state index contributed by atoms with van der Waals surface area (Å²) < 4.78 is 39.2. The number of amides is 1. The van der Waals surface area contributed by atoms with E-state index in [0.717, 1.165) is 24.7 Å². The topological polar surface area (TPSA) is 117 Å². The number of fused-ring (bicyclic) bond motifs is 1. The van der Waals surface area contributed by atoms with Crippen LogP contribution in [0, 0.1) is 5.41 Å². The first-order chi connectivity index (χ1) is 15.2. The first-order valence-electron chi connectivity index (χ1n) is 9.64. The minimum Gasteiger partial charge on any atom is -0.465 e. The number of nitrogens with one attached hydrogen (secondary N) is 3. The van der Waals surface area contributed by atoms with Gasteiger partial charge in [-0.2, -0.15) is 13.2 Å². The number of rotatable bonds is 3. The Morgan fingerprint density at radius 2 is 1.97 bits per heavy atom. The Bertz CT molecular complexity index is 1140. The minimum absolute atomic E-state index is 0.0874. The molecular formula is C20H22F3N7O2S. The quantitative estimate of drug-likeness (QED) is 0.298. The lowest BCUT2D eigenvalue weighted by molar-refractivity contribution is -0.137. The summed E-state index contributed by atoms with van der Waals surface area (Å²) in [5.74, 6) is -0.355. The molecule has 0 saturated heterocycles. The summed E-state index contributed by atoms with van der Waals surface area (Å²) in [4.78, 5) is 22.0. The van der Waals surface area contributed by atoms with E-state index in [4.69, 9.17) is 17.6 Å². The molecule has 0 atom stereocenters. The molecule has 0 radical (unpaired) electrons. The molecule has 0 aliphatic carbocycles. The van der Waals surface area contributed by atoms with Crippen molar-refractivity contribution < 1.29 is 23.1 Å². The van der Waals surface area contributed by atoms with Crippen LogP contribution in [0.1, 0.15) is 30.7 Å². The molecular weight excluding hydrogens is 459 g/mol. The second kappa shape index (κ2) is 8.46. The van der Waals surface area contributed by atoms with Crippen molar-refractivity contribution in [2.75, 3.05) is 29.2 Å². The fraction of sp³-hybridized carbons (Fsp3) is 0.350. The Labute approximate surface area is 193 Å². The summed E-state index contributed by atoms with van der Waals surface area (Å²) in [7, 11) is 3.05. The Hall–Kier alpha value is -3.48. The highest BCUT2D eigenvalue weighted by Crippen LogP contribution is 2.37. The standard InChI is InChI=1S/C20H22F3N7O2S/c1-19(2)7-10-5-12(25-9-14(10)30(19)4)15(24)27-17(33)28-16-13(29(3)18(31)32)6-11(8-26-16)20(21,22)23/h5-6,8-9H,7H2,1-4H3,(H,31,32)(H3,24,26,27,28,33). The number of carbonyl (C=O) groups is 1. The predicted octanol–water partition coefficient (Wildman–Crippen LogP) is 3.69. The number of anilines is 3. The lowest BCUT2D eigenvalue weighted by Gasteiger charge is -2.29. The van der Waals surface area contributed by atoms with Crippen LogP contribution >= 0.6 is 12.2 Å². The first-order valence-corrected chi connectivity index (χ1v) is 10.0. The molecule has 2 aromatic rings. The third kappa shape index (κ3) is 4.97. The van der Waals surface area contributed by atoms with Crippen LogP contribution in [0.25, 0.3) is 0 Å². The van der Waals surface area contributed by atoms with Crippen LogP contribution in [0.4, 0.5) is 35.2 Å². The molecule has 4 N–H and O–H groups in total. The van der Waals surface area contributed by atoms with Crippen molar-refractivity contribution in [2.24, 2.45) is 0 Å². The Kier molecular flexibility index (Phi) is 6.20. The van der Waals surface area contributed by atoms with E-state index in [2.05, 4.69) is 39.3 Å². The van der Waals surface area contributed by atoms with E-state index in [0.29, 0.717) is 22.9 Å². The summed E-state index contributed by atoms with van der Waals surface area (Å²) in [5, 5.41) is 22.5. The third-order valence-electron chi connectivity index (χ3n) is 5.43. The highest BCUT2D eigenvalue weighted by molar-refractivity contribution is 7.80. The van der Waals surface area contributed by atoms with Crippen LogP contribution < -0.4 is 20.4 Å². The van der Waals surface area contributed by atoms with Gasteiger partial charge in [0.05, 0.1) is 23.1 Å². The highest BCUT2D eigenvalue weighted by atomic mass is 32.1. The zero-order valence-electron chi connectivity index (χ0n) is 18.2. The average Bonchev–Trinajstić information content (AvgIpc) is 2.94. The van der Waals surface area contributed by atoms with Crippen LogP contribution in [0.3, 0.4) is 0 Å². The molecule has 0 unspecified atom stereocenters. The number of halogens is 3. The lowest BCUT2D eigenvalue weighted by atomic mass is 9.99. The van der Waals surface area contributed by atoms with Gasteiger partial charge in [0.15, 0.2) is 16.8 Å². The van der Waals surface area contributed by atoms with Crippen LogP contribution in [-0.4, -0.2) is 51.8 Å². The van der Waals surface area contributed by atoms with Crippen molar-refractivity contribution >= 4 is 46.5 Å². The maximum Gasteiger partial charge on any atom is 0.417 e. The van der Waals surface area contributed by atoms with Gasteiger partial charge in [-0.05, 0) is 50.2 Å². The summed E-state index contributed by atoms with van der Waals surface area (Å²) in [6.45, 7) is 4.19. The Balaban J connectivity index is 1.79. The van der Waals surface area contributed by atoms with Gasteiger partial charge in [0.1, 0.15) is 5.69 Å². The number of hydrogen-bond donors (Lipinski definition) is 4. The van der Waals surface area contributed by atoms with Crippen LogP contribution in [0.2, 0.25) is 0 Å². The van der Waals surface area contributed by atoms with Crippen molar-refractivity contribution in [3.63, 3.8) is 0 Å². The SMILES string of the molecule is CN(C(=O)O)c1cc(C(F)(F)F)cnc1NC(=S)NC(=N)c1cc2c(cn1)N(C)C(C)(C)C2. The van der Waals surface area contributed by atoms with Crippen LogP contribution in [-0.2, 0) is 12.6 Å². The van der Waals surface area contributed by atoms with E-state index in [1.807, 2.05) is 7.05 Å². The Morgan fingerprint density at radius 1 is 1.30 bits per heavy atom. The third-order valence-corrected chi connectivity index (χ3v) is 5.63. The van der Waals surface area contributed by atoms with Crippen LogP contribution in [0.15, 0.2) is 24.5 Å². The number of hydrogen-bond acceptors (Lipinski definition) is 6. The van der Waals surface area contributed by atoms with E-state index >= 15 is 0 Å². The van der Waals surface area contributed by atoms with E-state index < -0.39 is 17.8 Å². The van der Waals surface area contributed by atoms with Gasteiger partial charge >= 0.3 is 12.3 Å². The lowest BCUT2D eigenvalue weighted by Crippen LogP contribution is -2.37. The number of thiocarbonyl (C=S) groups is 1. The molecule has 0 fully saturated rings. The van der Waals surface area contributed by atoms with Crippen molar-refractivity contribution in [2.45, 2.75) is 32.0 Å². The van der Waals surface area contributed by atoms with Gasteiger partial charge in [-0.3, -0.25) is 15.3 Å². The van der Waals surface area contributed by atoms with Gasteiger partial charge in [0, 0.05) is 25.8 Å². The molecule has 1 amide bonds.